The van der Waals surface area contributed by atoms with Gasteiger partial charge in [-0.15, -0.1) is 5.06 Å². The van der Waals surface area contributed by atoms with Gasteiger partial charge in [-0.05, 0) is 47.9 Å². The van der Waals surface area contributed by atoms with E-state index in [9.17, 15) is 35.5 Å². The number of carbonyl (C=O) groups is 1. The van der Waals surface area contributed by atoms with Gasteiger partial charge in [0.2, 0.25) is 5.72 Å². The summed E-state index contributed by atoms with van der Waals surface area (Å²) in [6.07, 6.45) is -0.437. The number of benzene rings is 2. The van der Waals surface area contributed by atoms with Crippen LogP contribution in [0.4, 0.5) is 0 Å². The number of aliphatic hydroxyl groups is 1. The van der Waals surface area contributed by atoms with Gasteiger partial charge in [0.05, 0.1) is 0 Å². The molecular formula is C17H19NO7. The molecule has 25 heavy (non-hydrogen) atoms. The lowest BCUT2D eigenvalue weighted by molar-refractivity contribution is -0.261. The molecule has 0 heterocycles. The molecule has 0 aliphatic rings. The van der Waals surface area contributed by atoms with E-state index < -0.39 is 18.1 Å². The van der Waals surface area contributed by atoms with Crippen molar-refractivity contribution in [2.45, 2.75) is 18.6 Å². The molecule has 0 saturated heterocycles. The highest BCUT2D eigenvalue weighted by molar-refractivity contribution is 5.76. The Morgan fingerprint density at radius 3 is 2.20 bits per heavy atom. The van der Waals surface area contributed by atoms with Gasteiger partial charge in [0.1, 0.15) is 17.2 Å². The van der Waals surface area contributed by atoms with Crippen molar-refractivity contribution >= 4 is 5.97 Å². The number of phenolic OH excluding ortho intramolecular Hbond substituents is 3. The molecule has 0 aliphatic heterocycles. The van der Waals surface area contributed by atoms with E-state index in [-0.39, 0.29) is 40.8 Å². The van der Waals surface area contributed by atoms with E-state index in [1.54, 1.807) is 0 Å². The molecule has 8 nitrogen and oxygen atoms in total. The summed E-state index contributed by atoms with van der Waals surface area (Å²) >= 11 is 0. The van der Waals surface area contributed by atoms with Crippen LogP contribution in [0.3, 0.4) is 0 Å². The molecule has 8 heteroatoms. The standard InChI is InChI=1S/C17H19NO7/c19-13-3-1-11(2-4-13)10-17(24,16(22)23)18(25)8-7-12-9-14(20)5-6-15(12)21/h1-6,9,19-21,24-25H,7-8,10H2,(H,22,23)/t17-/m1/s1. The van der Waals surface area contributed by atoms with Crippen LogP contribution in [-0.2, 0) is 17.6 Å². The Labute approximate surface area is 143 Å². The van der Waals surface area contributed by atoms with Gasteiger partial charge in [0.25, 0.3) is 0 Å². The SMILES string of the molecule is O=C(O)[C@](O)(Cc1ccc(O)cc1)N(O)CCc1cc(O)ccc1O. The minimum absolute atomic E-state index is 0.0113. The van der Waals surface area contributed by atoms with Crippen molar-refractivity contribution in [3.8, 4) is 17.2 Å². The zero-order chi connectivity index (χ0) is 18.6. The normalized spacial score (nSPS) is 13.6. The van der Waals surface area contributed by atoms with Gasteiger partial charge >= 0.3 is 5.97 Å². The third kappa shape index (κ3) is 4.38. The number of hydrogen-bond acceptors (Lipinski definition) is 7. The quantitative estimate of drug-likeness (QED) is 0.247. The number of rotatable bonds is 7. The summed E-state index contributed by atoms with van der Waals surface area (Å²) in [7, 11) is 0. The van der Waals surface area contributed by atoms with Gasteiger partial charge in [0, 0.05) is 13.0 Å². The van der Waals surface area contributed by atoms with Gasteiger partial charge in [0.15, 0.2) is 0 Å². The number of carboxylic acids is 1. The number of aromatic hydroxyl groups is 3. The van der Waals surface area contributed by atoms with Crippen LogP contribution in [0.2, 0.25) is 0 Å². The first kappa shape index (κ1) is 18.5. The summed E-state index contributed by atoms with van der Waals surface area (Å²) in [4.78, 5) is 11.5. The predicted molar refractivity (Wildman–Crippen MR) is 86.4 cm³/mol. The number of hydrogen-bond donors (Lipinski definition) is 6. The number of carboxylic acid groups (broad SMARTS) is 1. The second-order valence-corrected chi connectivity index (χ2v) is 5.65. The minimum atomic E-state index is -2.59. The molecule has 2 aromatic carbocycles. The smallest absolute Gasteiger partial charge is 0.353 e. The van der Waals surface area contributed by atoms with Crippen LogP contribution < -0.4 is 0 Å². The summed E-state index contributed by atoms with van der Waals surface area (Å²) in [5.74, 6) is -1.87. The molecular weight excluding hydrogens is 330 g/mol. The zero-order valence-electron chi connectivity index (χ0n) is 13.2. The Morgan fingerprint density at radius 2 is 1.60 bits per heavy atom. The van der Waals surface area contributed by atoms with Crippen molar-refractivity contribution in [1.29, 1.82) is 0 Å². The molecule has 2 rings (SSSR count). The van der Waals surface area contributed by atoms with Crippen LogP contribution >= 0.6 is 0 Å². The van der Waals surface area contributed by atoms with E-state index in [4.69, 9.17) is 0 Å². The molecule has 0 aliphatic carbocycles. The van der Waals surface area contributed by atoms with Gasteiger partial charge in [-0.3, -0.25) is 0 Å². The summed E-state index contributed by atoms with van der Waals surface area (Å²) < 4.78 is 0. The first-order valence-corrected chi connectivity index (χ1v) is 7.43. The first-order chi connectivity index (χ1) is 11.7. The second-order valence-electron chi connectivity index (χ2n) is 5.65. The fraction of sp³-hybridized carbons (Fsp3) is 0.235. The fourth-order valence-corrected chi connectivity index (χ4v) is 2.36. The molecule has 134 valence electrons. The highest BCUT2D eigenvalue weighted by Gasteiger charge is 2.42. The fourth-order valence-electron chi connectivity index (χ4n) is 2.36. The molecule has 1 atom stereocenters. The van der Waals surface area contributed by atoms with Gasteiger partial charge in [-0.25, -0.2) is 4.79 Å². The Balaban J connectivity index is 2.13. The molecule has 0 spiro atoms. The van der Waals surface area contributed by atoms with Crippen LogP contribution in [0.1, 0.15) is 11.1 Å². The Bertz CT molecular complexity index is 747. The van der Waals surface area contributed by atoms with Crippen molar-refractivity contribution in [3.63, 3.8) is 0 Å². The maximum atomic E-state index is 11.5. The van der Waals surface area contributed by atoms with Gasteiger partial charge < -0.3 is 30.7 Å². The monoisotopic (exact) mass is 349 g/mol. The molecule has 0 bridgehead atoms. The van der Waals surface area contributed by atoms with Crippen LogP contribution in [0.25, 0.3) is 0 Å². The number of nitrogens with zero attached hydrogens (tertiary/aromatic N) is 1. The lowest BCUT2D eigenvalue weighted by Gasteiger charge is -2.31. The van der Waals surface area contributed by atoms with Gasteiger partial charge in [-0.2, -0.15) is 0 Å². The van der Waals surface area contributed by atoms with E-state index >= 15 is 0 Å². The lowest BCUT2D eigenvalue weighted by atomic mass is 10.0. The average Bonchev–Trinajstić information content (AvgIpc) is 2.57. The van der Waals surface area contributed by atoms with Crippen molar-refractivity contribution in [2.75, 3.05) is 6.54 Å². The molecule has 0 fully saturated rings. The number of aliphatic carboxylic acids is 1. The van der Waals surface area contributed by atoms with E-state index in [2.05, 4.69) is 0 Å². The minimum Gasteiger partial charge on any atom is -0.508 e. The van der Waals surface area contributed by atoms with Crippen LogP contribution in [0.15, 0.2) is 42.5 Å². The predicted octanol–water partition coefficient (Wildman–Crippen LogP) is 1.05. The third-order valence-electron chi connectivity index (χ3n) is 3.81. The summed E-state index contributed by atoms with van der Waals surface area (Å²) in [6.45, 7) is -0.308. The van der Waals surface area contributed by atoms with Crippen LogP contribution in [0, 0.1) is 0 Å². The van der Waals surface area contributed by atoms with Gasteiger partial charge in [-0.1, -0.05) is 12.1 Å². The zero-order valence-corrected chi connectivity index (χ0v) is 13.2. The van der Waals surface area contributed by atoms with E-state index in [0.717, 1.165) is 0 Å². The summed E-state index contributed by atoms with van der Waals surface area (Å²) in [5.41, 5.74) is -1.91. The second kappa shape index (κ2) is 7.39. The third-order valence-corrected chi connectivity index (χ3v) is 3.81. The largest absolute Gasteiger partial charge is 0.508 e. The lowest BCUT2D eigenvalue weighted by Crippen LogP contribution is -2.55. The Kier molecular flexibility index (Phi) is 5.48. The van der Waals surface area contributed by atoms with Crippen LogP contribution in [0.5, 0.6) is 17.2 Å². The van der Waals surface area contributed by atoms with E-state index in [0.29, 0.717) is 5.56 Å². The van der Waals surface area contributed by atoms with Crippen molar-refractivity contribution in [3.05, 3.63) is 53.6 Å². The molecule has 2 aromatic rings. The summed E-state index contributed by atoms with van der Waals surface area (Å²) in [6, 6.07) is 9.37. The van der Waals surface area contributed by atoms with Crippen molar-refractivity contribution in [2.24, 2.45) is 0 Å². The van der Waals surface area contributed by atoms with Crippen molar-refractivity contribution < 1.29 is 35.5 Å². The maximum absolute atomic E-state index is 11.5. The highest BCUT2D eigenvalue weighted by Crippen LogP contribution is 2.24. The molecule has 0 radical (unpaired) electrons. The number of hydroxylamine groups is 2. The van der Waals surface area contributed by atoms with Crippen LogP contribution in [-0.4, -0.2) is 54.0 Å². The van der Waals surface area contributed by atoms with E-state index in [1.165, 1.54) is 42.5 Å². The topological polar surface area (TPSA) is 142 Å². The molecule has 0 amide bonds. The first-order valence-electron chi connectivity index (χ1n) is 7.43. The van der Waals surface area contributed by atoms with E-state index in [1.807, 2.05) is 0 Å². The molecule has 0 unspecified atom stereocenters. The molecule has 6 N–H and O–H groups in total. The Morgan fingerprint density at radius 1 is 1.00 bits per heavy atom. The maximum Gasteiger partial charge on any atom is 0.353 e. The highest BCUT2D eigenvalue weighted by atomic mass is 16.6. The van der Waals surface area contributed by atoms with Crippen molar-refractivity contribution in [1.82, 2.24) is 5.06 Å². The Hall–Kier alpha value is -2.81. The number of phenols is 3. The molecule has 0 saturated carbocycles. The molecule has 0 aromatic heterocycles. The summed E-state index contributed by atoms with van der Waals surface area (Å²) in [5, 5.41) is 58.4. The average molecular weight is 349 g/mol.